The van der Waals surface area contributed by atoms with Crippen LogP contribution in [0.2, 0.25) is 0 Å². The van der Waals surface area contributed by atoms with Crippen molar-refractivity contribution in [2.75, 3.05) is 5.73 Å². The van der Waals surface area contributed by atoms with Gasteiger partial charge in [0.2, 0.25) is 0 Å². The van der Waals surface area contributed by atoms with Crippen molar-refractivity contribution in [2.24, 2.45) is 0 Å². The molecule has 0 atom stereocenters. The van der Waals surface area contributed by atoms with Gasteiger partial charge in [-0.25, -0.2) is 4.39 Å². The van der Waals surface area contributed by atoms with Crippen LogP contribution in [0.25, 0.3) is 11.1 Å². The zero-order chi connectivity index (χ0) is 11.7. The number of halogens is 1. The summed E-state index contributed by atoms with van der Waals surface area (Å²) in [6.45, 7) is 3.67. The normalized spacial score (nSPS) is 10.4. The summed E-state index contributed by atoms with van der Waals surface area (Å²) in [6, 6.07) is 6.74. The van der Waals surface area contributed by atoms with Crippen molar-refractivity contribution in [3.63, 3.8) is 0 Å². The minimum absolute atomic E-state index is 0.252. The zero-order valence-electron chi connectivity index (χ0n) is 9.29. The molecule has 1 aromatic carbocycles. The number of benzene rings is 1. The van der Waals surface area contributed by atoms with Crippen LogP contribution in [0.1, 0.15) is 11.3 Å². The smallest absolute Gasteiger partial charge is 0.131 e. The molecule has 2 rings (SSSR count). The highest BCUT2D eigenvalue weighted by atomic mass is 19.1. The first kappa shape index (κ1) is 10.6. The summed E-state index contributed by atoms with van der Waals surface area (Å²) in [5, 5.41) is 0. The van der Waals surface area contributed by atoms with E-state index in [1.54, 1.807) is 25.3 Å². The van der Waals surface area contributed by atoms with E-state index < -0.39 is 0 Å². The molecule has 2 aromatic rings. The number of nitrogens with two attached hydrogens (primary N) is 1. The van der Waals surface area contributed by atoms with Gasteiger partial charge in [-0.3, -0.25) is 4.98 Å². The Morgan fingerprint density at radius 3 is 2.62 bits per heavy atom. The van der Waals surface area contributed by atoms with Crippen LogP contribution in [-0.2, 0) is 0 Å². The van der Waals surface area contributed by atoms with Crippen LogP contribution in [0.3, 0.4) is 0 Å². The van der Waals surface area contributed by atoms with Crippen molar-refractivity contribution in [1.29, 1.82) is 0 Å². The van der Waals surface area contributed by atoms with Crippen LogP contribution in [0.5, 0.6) is 0 Å². The minimum Gasteiger partial charge on any atom is -0.398 e. The molecule has 1 heterocycles. The molecule has 16 heavy (non-hydrogen) atoms. The fraction of sp³-hybridized carbons (Fsp3) is 0.154. The first-order valence-corrected chi connectivity index (χ1v) is 5.06. The molecular weight excluding hydrogens is 203 g/mol. The SMILES string of the molecule is Cc1cc(-c2cc(N)c(C)cc2F)ccn1. The molecule has 0 unspecified atom stereocenters. The van der Waals surface area contributed by atoms with Gasteiger partial charge >= 0.3 is 0 Å². The van der Waals surface area contributed by atoms with Gasteiger partial charge in [-0.2, -0.15) is 0 Å². The quantitative estimate of drug-likeness (QED) is 0.744. The van der Waals surface area contributed by atoms with Gasteiger partial charge in [-0.05, 0) is 49.2 Å². The van der Waals surface area contributed by atoms with Crippen LogP contribution >= 0.6 is 0 Å². The maximum absolute atomic E-state index is 13.8. The number of nitrogen functional groups attached to an aromatic ring is 1. The third-order valence-electron chi connectivity index (χ3n) is 2.56. The van der Waals surface area contributed by atoms with Crippen molar-refractivity contribution in [1.82, 2.24) is 4.98 Å². The summed E-state index contributed by atoms with van der Waals surface area (Å²) in [6.07, 6.45) is 1.67. The molecule has 0 bridgehead atoms. The molecule has 3 heteroatoms. The lowest BCUT2D eigenvalue weighted by atomic mass is 10.0. The lowest BCUT2D eigenvalue weighted by Crippen LogP contribution is -1.94. The lowest BCUT2D eigenvalue weighted by Gasteiger charge is -2.07. The molecule has 0 radical (unpaired) electrons. The fourth-order valence-corrected chi connectivity index (χ4v) is 1.62. The van der Waals surface area contributed by atoms with E-state index >= 15 is 0 Å². The largest absolute Gasteiger partial charge is 0.398 e. The minimum atomic E-state index is -0.252. The highest BCUT2D eigenvalue weighted by Crippen LogP contribution is 2.27. The van der Waals surface area contributed by atoms with Crippen molar-refractivity contribution < 1.29 is 4.39 Å². The number of aromatic nitrogens is 1. The van der Waals surface area contributed by atoms with Crippen molar-refractivity contribution in [2.45, 2.75) is 13.8 Å². The predicted molar refractivity (Wildman–Crippen MR) is 63.5 cm³/mol. The zero-order valence-corrected chi connectivity index (χ0v) is 9.29. The first-order chi connectivity index (χ1) is 7.58. The Kier molecular flexibility index (Phi) is 2.60. The third kappa shape index (κ3) is 1.89. The Morgan fingerprint density at radius 1 is 1.19 bits per heavy atom. The molecule has 2 nitrogen and oxygen atoms in total. The molecule has 0 fully saturated rings. The third-order valence-corrected chi connectivity index (χ3v) is 2.56. The van der Waals surface area contributed by atoms with Crippen LogP contribution in [-0.4, -0.2) is 4.98 Å². The van der Waals surface area contributed by atoms with Crippen molar-refractivity contribution in [3.8, 4) is 11.1 Å². The second kappa shape index (κ2) is 3.93. The molecule has 0 saturated carbocycles. The Bertz CT molecular complexity index is 535. The van der Waals surface area contributed by atoms with Gasteiger partial charge in [-0.15, -0.1) is 0 Å². The molecule has 1 aromatic heterocycles. The van der Waals surface area contributed by atoms with Crippen LogP contribution in [0, 0.1) is 19.7 Å². The monoisotopic (exact) mass is 216 g/mol. The number of anilines is 1. The maximum Gasteiger partial charge on any atom is 0.131 e. The molecule has 0 spiro atoms. The Morgan fingerprint density at radius 2 is 1.94 bits per heavy atom. The van der Waals surface area contributed by atoms with E-state index in [4.69, 9.17) is 5.73 Å². The molecule has 0 saturated heterocycles. The topological polar surface area (TPSA) is 38.9 Å². The van der Waals surface area contributed by atoms with Gasteiger partial charge in [0, 0.05) is 23.1 Å². The number of rotatable bonds is 1. The van der Waals surface area contributed by atoms with Crippen LogP contribution < -0.4 is 5.73 Å². The summed E-state index contributed by atoms with van der Waals surface area (Å²) in [5.41, 5.74) is 9.32. The van der Waals surface area contributed by atoms with Gasteiger partial charge in [0.15, 0.2) is 0 Å². The molecule has 2 N–H and O–H groups in total. The summed E-state index contributed by atoms with van der Waals surface area (Å²) in [7, 11) is 0. The van der Waals surface area contributed by atoms with E-state index in [9.17, 15) is 4.39 Å². The number of hydrogen-bond donors (Lipinski definition) is 1. The second-order valence-corrected chi connectivity index (χ2v) is 3.87. The van der Waals surface area contributed by atoms with Gasteiger partial charge < -0.3 is 5.73 Å². The van der Waals surface area contributed by atoms with Crippen molar-refractivity contribution in [3.05, 3.63) is 47.5 Å². The van der Waals surface area contributed by atoms with E-state index in [-0.39, 0.29) is 5.82 Å². The Balaban J connectivity index is 2.60. The molecule has 82 valence electrons. The van der Waals surface area contributed by atoms with E-state index in [1.165, 1.54) is 6.07 Å². The van der Waals surface area contributed by atoms with E-state index in [0.717, 1.165) is 16.8 Å². The number of aryl methyl sites for hydroxylation is 2. The molecule has 0 aliphatic heterocycles. The summed E-state index contributed by atoms with van der Waals surface area (Å²) >= 11 is 0. The van der Waals surface area contributed by atoms with Gasteiger partial charge in [0.05, 0.1) is 0 Å². The average Bonchev–Trinajstić information content (AvgIpc) is 2.23. The molecule has 0 amide bonds. The summed E-state index contributed by atoms with van der Waals surface area (Å²) < 4.78 is 13.8. The Labute approximate surface area is 93.9 Å². The van der Waals surface area contributed by atoms with Crippen LogP contribution in [0.4, 0.5) is 10.1 Å². The Hall–Kier alpha value is -1.90. The summed E-state index contributed by atoms with van der Waals surface area (Å²) in [4.78, 5) is 4.08. The predicted octanol–water partition coefficient (Wildman–Crippen LogP) is 3.09. The van der Waals surface area contributed by atoms with Gasteiger partial charge in [0.1, 0.15) is 5.82 Å². The molecular formula is C13H13FN2. The first-order valence-electron chi connectivity index (χ1n) is 5.06. The highest BCUT2D eigenvalue weighted by Gasteiger charge is 2.07. The van der Waals surface area contributed by atoms with E-state index in [0.29, 0.717) is 11.3 Å². The van der Waals surface area contributed by atoms with E-state index in [2.05, 4.69) is 4.98 Å². The second-order valence-electron chi connectivity index (χ2n) is 3.87. The number of nitrogens with zero attached hydrogens (tertiary/aromatic N) is 1. The van der Waals surface area contributed by atoms with E-state index in [1.807, 2.05) is 13.0 Å². The fourth-order valence-electron chi connectivity index (χ4n) is 1.62. The number of pyridine rings is 1. The molecule has 0 aliphatic rings. The van der Waals surface area contributed by atoms with Crippen molar-refractivity contribution >= 4 is 5.69 Å². The molecule has 0 aliphatic carbocycles. The van der Waals surface area contributed by atoms with Gasteiger partial charge in [-0.1, -0.05) is 0 Å². The van der Waals surface area contributed by atoms with Gasteiger partial charge in [0.25, 0.3) is 0 Å². The standard InChI is InChI=1S/C13H13FN2/c1-8-5-12(14)11(7-13(8)15)10-3-4-16-9(2)6-10/h3-7H,15H2,1-2H3. The summed E-state index contributed by atoms with van der Waals surface area (Å²) in [5.74, 6) is -0.252. The average molecular weight is 216 g/mol. The maximum atomic E-state index is 13.8. The highest BCUT2D eigenvalue weighted by molar-refractivity contribution is 5.69. The number of hydrogen-bond acceptors (Lipinski definition) is 2. The lowest BCUT2D eigenvalue weighted by molar-refractivity contribution is 0.630. The van der Waals surface area contributed by atoms with Crippen LogP contribution in [0.15, 0.2) is 30.5 Å².